The van der Waals surface area contributed by atoms with Crippen LogP contribution in [0.2, 0.25) is 0 Å². The number of hydrogen-bond acceptors (Lipinski definition) is 2. The number of halogens is 4. The topological polar surface area (TPSA) is 39.7 Å². The van der Waals surface area contributed by atoms with Crippen molar-refractivity contribution in [2.45, 2.75) is 45.3 Å². The van der Waals surface area contributed by atoms with Gasteiger partial charge in [0.2, 0.25) is 0 Å². The molecule has 23 heavy (non-hydrogen) atoms. The number of nitrogens with one attached hydrogen (secondary N) is 2. The van der Waals surface area contributed by atoms with Crippen molar-refractivity contribution in [2.75, 3.05) is 32.7 Å². The van der Waals surface area contributed by atoms with Crippen molar-refractivity contribution in [3.8, 4) is 0 Å². The van der Waals surface area contributed by atoms with Gasteiger partial charge in [0.1, 0.15) is 0 Å². The first-order chi connectivity index (χ1) is 10.3. The largest absolute Gasteiger partial charge is 0.390 e. The molecule has 0 atom stereocenters. The van der Waals surface area contributed by atoms with Crippen LogP contribution in [0.5, 0.6) is 0 Å². The van der Waals surface area contributed by atoms with Crippen molar-refractivity contribution in [1.82, 2.24) is 15.5 Å². The Kier molecular flexibility index (Phi) is 10.9. The zero-order valence-electron chi connectivity index (χ0n) is 13.9. The number of aliphatic imine (C=N–C) groups is 1. The number of likely N-dealkylation sites (tertiary alicyclic amines) is 1. The number of rotatable bonds is 6. The van der Waals surface area contributed by atoms with Crippen LogP contribution in [-0.2, 0) is 0 Å². The Bertz CT molecular complexity index is 377. The molecule has 0 aromatic heterocycles. The summed E-state index contributed by atoms with van der Waals surface area (Å²) in [6.45, 7) is 11.1. The average Bonchev–Trinajstić information content (AvgIpc) is 2.39. The van der Waals surface area contributed by atoms with Crippen molar-refractivity contribution in [3.63, 3.8) is 0 Å². The Morgan fingerprint density at radius 3 is 2.39 bits per heavy atom. The van der Waals surface area contributed by atoms with Gasteiger partial charge in [0, 0.05) is 32.2 Å². The van der Waals surface area contributed by atoms with Crippen LogP contribution in [0.1, 0.15) is 33.1 Å². The van der Waals surface area contributed by atoms with Crippen LogP contribution >= 0.6 is 24.0 Å². The van der Waals surface area contributed by atoms with Crippen LogP contribution in [0, 0.1) is 0 Å². The Morgan fingerprint density at radius 2 is 1.91 bits per heavy atom. The number of alkyl halides is 3. The van der Waals surface area contributed by atoms with Gasteiger partial charge in [-0.15, -0.1) is 24.0 Å². The van der Waals surface area contributed by atoms with E-state index in [1.807, 2.05) is 13.8 Å². The van der Waals surface area contributed by atoms with Crippen molar-refractivity contribution in [1.29, 1.82) is 0 Å². The Balaban J connectivity index is 0.00000484. The zero-order valence-corrected chi connectivity index (χ0v) is 16.2. The standard InChI is InChI=1S/C15H27F3N4.HI/c1-4-19-14(20-8-7-15(16,17)18)21-13-5-9-22(10-6-13)11-12(2)3;/h13H,2,4-11H2,1,3H3,(H2,19,20,21);1H. The van der Waals surface area contributed by atoms with Gasteiger partial charge < -0.3 is 10.6 Å². The van der Waals surface area contributed by atoms with Gasteiger partial charge in [0.05, 0.1) is 13.0 Å². The van der Waals surface area contributed by atoms with Gasteiger partial charge in [-0.1, -0.05) is 12.2 Å². The van der Waals surface area contributed by atoms with E-state index in [0.29, 0.717) is 12.5 Å². The van der Waals surface area contributed by atoms with E-state index < -0.39 is 12.6 Å². The van der Waals surface area contributed by atoms with Gasteiger partial charge in [0.15, 0.2) is 5.96 Å². The van der Waals surface area contributed by atoms with Gasteiger partial charge in [-0.05, 0) is 26.7 Å². The van der Waals surface area contributed by atoms with E-state index in [4.69, 9.17) is 0 Å². The summed E-state index contributed by atoms with van der Waals surface area (Å²) in [7, 11) is 0. The summed E-state index contributed by atoms with van der Waals surface area (Å²) >= 11 is 0. The van der Waals surface area contributed by atoms with Crippen molar-refractivity contribution in [2.24, 2.45) is 4.99 Å². The van der Waals surface area contributed by atoms with E-state index in [-0.39, 0.29) is 36.6 Å². The van der Waals surface area contributed by atoms with Gasteiger partial charge in [-0.25, -0.2) is 0 Å². The lowest BCUT2D eigenvalue weighted by atomic mass is 10.0. The number of nitrogens with zero attached hydrogens (tertiary/aromatic N) is 2. The molecular formula is C15H28F3IN4. The Hall–Kier alpha value is -0.510. The fourth-order valence-electron chi connectivity index (χ4n) is 2.42. The smallest absolute Gasteiger partial charge is 0.357 e. The lowest BCUT2D eigenvalue weighted by molar-refractivity contribution is -0.132. The molecule has 1 aliphatic rings. The Morgan fingerprint density at radius 1 is 1.30 bits per heavy atom. The quantitative estimate of drug-likeness (QED) is 0.284. The highest BCUT2D eigenvalue weighted by molar-refractivity contribution is 14.0. The molecule has 1 rings (SSSR count). The minimum absolute atomic E-state index is 0. The Labute approximate surface area is 154 Å². The van der Waals surface area contributed by atoms with E-state index in [9.17, 15) is 13.2 Å². The highest BCUT2D eigenvalue weighted by Crippen LogP contribution is 2.19. The lowest BCUT2D eigenvalue weighted by Crippen LogP contribution is -2.49. The van der Waals surface area contributed by atoms with E-state index in [1.165, 1.54) is 0 Å². The van der Waals surface area contributed by atoms with Crippen LogP contribution in [0.15, 0.2) is 17.1 Å². The van der Waals surface area contributed by atoms with Crippen molar-refractivity contribution < 1.29 is 13.2 Å². The van der Waals surface area contributed by atoms with Crippen LogP contribution < -0.4 is 10.6 Å². The third-order valence-corrected chi connectivity index (χ3v) is 3.43. The summed E-state index contributed by atoms with van der Waals surface area (Å²) in [5, 5.41) is 6.24. The maximum atomic E-state index is 12.2. The molecule has 0 amide bonds. The summed E-state index contributed by atoms with van der Waals surface area (Å²) in [5.41, 5.74) is 1.15. The maximum absolute atomic E-state index is 12.2. The molecule has 0 bridgehead atoms. The molecule has 136 valence electrons. The first kappa shape index (κ1) is 22.5. The highest BCUT2D eigenvalue weighted by atomic mass is 127. The molecule has 0 unspecified atom stereocenters. The van der Waals surface area contributed by atoms with Crippen LogP contribution in [0.3, 0.4) is 0 Å². The molecule has 4 nitrogen and oxygen atoms in total. The minimum atomic E-state index is -4.16. The second-order valence-electron chi connectivity index (χ2n) is 5.78. The van der Waals surface area contributed by atoms with E-state index in [2.05, 4.69) is 27.1 Å². The molecule has 0 aromatic carbocycles. The lowest BCUT2D eigenvalue weighted by Gasteiger charge is -2.33. The molecule has 8 heteroatoms. The summed E-state index contributed by atoms with van der Waals surface area (Å²) in [6, 6.07) is 0.255. The molecule has 1 saturated heterocycles. The molecule has 0 radical (unpaired) electrons. The molecule has 0 aromatic rings. The fourth-order valence-corrected chi connectivity index (χ4v) is 2.42. The van der Waals surface area contributed by atoms with Gasteiger partial charge in [-0.2, -0.15) is 13.2 Å². The number of guanidine groups is 1. The van der Waals surface area contributed by atoms with Crippen LogP contribution in [0.4, 0.5) is 13.2 Å². The summed E-state index contributed by atoms with van der Waals surface area (Å²) in [4.78, 5) is 6.35. The summed E-state index contributed by atoms with van der Waals surface area (Å²) in [5.74, 6) is 0.477. The van der Waals surface area contributed by atoms with E-state index in [0.717, 1.165) is 38.0 Å². The molecule has 1 aliphatic heterocycles. The second kappa shape index (κ2) is 11.1. The molecular weight excluding hydrogens is 420 g/mol. The van der Waals surface area contributed by atoms with Crippen LogP contribution in [-0.4, -0.2) is 55.8 Å². The van der Waals surface area contributed by atoms with E-state index in [1.54, 1.807) is 0 Å². The zero-order chi connectivity index (χ0) is 16.6. The molecule has 0 aliphatic carbocycles. The SMILES string of the molecule is C=C(C)CN1CCC(NC(=NCCC(F)(F)F)NCC)CC1.I. The predicted molar refractivity (Wildman–Crippen MR) is 99.5 cm³/mol. The molecule has 1 fully saturated rings. The predicted octanol–water partition coefficient (Wildman–Crippen LogP) is 3.15. The maximum Gasteiger partial charge on any atom is 0.390 e. The average molecular weight is 448 g/mol. The number of piperidine rings is 1. The highest BCUT2D eigenvalue weighted by Gasteiger charge is 2.26. The minimum Gasteiger partial charge on any atom is -0.357 e. The van der Waals surface area contributed by atoms with Gasteiger partial charge in [0.25, 0.3) is 0 Å². The van der Waals surface area contributed by atoms with Gasteiger partial charge >= 0.3 is 6.18 Å². The molecule has 0 saturated carbocycles. The van der Waals surface area contributed by atoms with Crippen molar-refractivity contribution >= 4 is 29.9 Å². The van der Waals surface area contributed by atoms with Gasteiger partial charge in [-0.3, -0.25) is 9.89 Å². The summed E-state index contributed by atoms with van der Waals surface area (Å²) < 4.78 is 36.5. The third-order valence-electron chi connectivity index (χ3n) is 3.43. The number of hydrogen-bond donors (Lipinski definition) is 2. The first-order valence-corrected chi connectivity index (χ1v) is 7.78. The second-order valence-corrected chi connectivity index (χ2v) is 5.78. The third kappa shape index (κ3) is 10.8. The summed E-state index contributed by atoms with van der Waals surface area (Å²) in [6.07, 6.45) is -3.14. The normalized spacial score (nSPS) is 17.5. The van der Waals surface area contributed by atoms with Crippen molar-refractivity contribution in [3.05, 3.63) is 12.2 Å². The fraction of sp³-hybridized carbons (Fsp3) is 0.800. The monoisotopic (exact) mass is 448 g/mol. The molecule has 1 heterocycles. The van der Waals surface area contributed by atoms with E-state index >= 15 is 0 Å². The first-order valence-electron chi connectivity index (χ1n) is 7.78. The van der Waals surface area contributed by atoms with Crippen LogP contribution in [0.25, 0.3) is 0 Å². The molecule has 2 N–H and O–H groups in total. The molecule has 0 spiro atoms.